The Bertz CT molecular complexity index is 729. The van der Waals surface area contributed by atoms with E-state index in [0.29, 0.717) is 5.69 Å². The number of carbonyl (C=O) groups excluding carboxylic acids is 2. The molecule has 0 bridgehead atoms. The first-order valence-corrected chi connectivity index (χ1v) is 8.23. The van der Waals surface area contributed by atoms with Crippen LogP contribution < -0.4 is 10.6 Å². The second kappa shape index (κ2) is 7.92. The lowest BCUT2D eigenvalue weighted by molar-refractivity contribution is -0.123. The summed E-state index contributed by atoms with van der Waals surface area (Å²) in [5.74, 6) is -0.667. The molecule has 2 N–H and O–H groups in total. The maximum absolute atomic E-state index is 12.1. The zero-order chi connectivity index (χ0) is 16.8. The van der Waals surface area contributed by atoms with Crippen molar-refractivity contribution in [3.8, 4) is 0 Å². The Morgan fingerprint density at radius 2 is 1.70 bits per heavy atom. The third-order valence-corrected chi connectivity index (χ3v) is 4.16. The van der Waals surface area contributed by atoms with Crippen LogP contribution in [-0.2, 0) is 16.0 Å². The van der Waals surface area contributed by atoms with Crippen molar-refractivity contribution in [3.63, 3.8) is 0 Å². The van der Waals surface area contributed by atoms with Gasteiger partial charge in [-0.05, 0) is 52.5 Å². The number of halogens is 1. The maximum Gasteiger partial charge on any atom is 0.233 e. The Balaban J connectivity index is 2.00. The molecule has 0 saturated heterocycles. The van der Waals surface area contributed by atoms with Crippen LogP contribution in [0.25, 0.3) is 0 Å². The molecule has 2 rings (SSSR count). The van der Waals surface area contributed by atoms with Crippen molar-refractivity contribution in [2.45, 2.75) is 26.7 Å². The molecule has 0 spiro atoms. The maximum atomic E-state index is 12.1. The van der Waals surface area contributed by atoms with Gasteiger partial charge < -0.3 is 10.6 Å². The second-order valence-corrected chi connectivity index (χ2v) is 6.07. The average Bonchev–Trinajstić information content (AvgIpc) is 2.51. The zero-order valence-electron chi connectivity index (χ0n) is 13.2. The molecule has 0 aliphatic carbocycles. The standard InChI is InChI=1S/C18H19BrN2O2/c1-3-13-8-6-7-12(2)18(13)21-17(23)11-16(22)20-15-10-5-4-9-14(15)19/h4-10H,3,11H2,1-2H3,(H,20,22)(H,21,23). The molecular formula is C18H19BrN2O2. The van der Waals surface area contributed by atoms with E-state index in [2.05, 4.69) is 26.6 Å². The zero-order valence-corrected chi connectivity index (χ0v) is 14.7. The molecule has 0 unspecified atom stereocenters. The minimum absolute atomic E-state index is 0.223. The molecule has 0 saturated carbocycles. The summed E-state index contributed by atoms with van der Waals surface area (Å²) in [6.07, 6.45) is 0.597. The lowest BCUT2D eigenvalue weighted by Crippen LogP contribution is -2.22. The summed E-state index contributed by atoms with van der Waals surface area (Å²) < 4.78 is 0.779. The van der Waals surface area contributed by atoms with Crippen molar-refractivity contribution >= 4 is 39.1 Å². The number of aryl methyl sites for hydroxylation is 2. The summed E-state index contributed by atoms with van der Waals surface area (Å²) >= 11 is 3.36. The Morgan fingerprint density at radius 3 is 2.39 bits per heavy atom. The number of nitrogens with one attached hydrogen (secondary N) is 2. The van der Waals surface area contributed by atoms with Crippen LogP contribution in [0.2, 0.25) is 0 Å². The van der Waals surface area contributed by atoms with Crippen LogP contribution in [0, 0.1) is 6.92 Å². The van der Waals surface area contributed by atoms with Gasteiger partial charge in [0.2, 0.25) is 11.8 Å². The van der Waals surface area contributed by atoms with Gasteiger partial charge in [0.05, 0.1) is 5.69 Å². The number of anilines is 2. The minimum Gasteiger partial charge on any atom is -0.325 e. The topological polar surface area (TPSA) is 58.2 Å². The molecule has 2 aromatic rings. The molecule has 0 heterocycles. The van der Waals surface area contributed by atoms with E-state index >= 15 is 0 Å². The number of para-hydroxylation sites is 2. The van der Waals surface area contributed by atoms with Gasteiger partial charge in [-0.3, -0.25) is 9.59 Å². The highest BCUT2D eigenvalue weighted by Gasteiger charge is 2.13. The van der Waals surface area contributed by atoms with E-state index in [-0.39, 0.29) is 18.2 Å². The van der Waals surface area contributed by atoms with Crippen LogP contribution in [0.5, 0.6) is 0 Å². The monoisotopic (exact) mass is 374 g/mol. The number of carbonyl (C=O) groups is 2. The van der Waals surface area contributed by atoms with Gasteiger partial charge in [-0.25, -0.2) is 0 Å². The molecule has 0 aromatic heterocycles. The molecule has 120 valence electrons. The molecule has 0 aliphatic rings. The Morgan fingerprint density at radius 1 is 1.00 bits per heavy atom. The number of hydrogen-bond donors (Lipinski definition) is 2. The van der Waals surface area contributed by atoms with Crippen molar-refractivity contribution in [3.05, 3.63) is 58.1 Å². The summed E-state index contributed by atoms with van der Waals surface area (Å²) in [5.41, 5.74) is 3.50. The first-order chi connectivity index (χ1) is 11.0. The van der Waals surface area contributed by atoms with Crippen molar-refractivity contribution in [1.29, 1.82) is 0 Å². The van der Waals surface area contributed by atoms with Crippen molar-refractivity contribution in [2.24, 2.45) is 0 Å². The van der Waals surface area contributed by atoms with Gasteiger partial charge >= 0.3 is 0 Å². The fraction of sp³-hybridized carbons (Fsp3) is 0.222. The average molecular weight is 375 g/mol. The van der Waals surface area contributed by atoms with Crippen LogP contribution in [0.4, 0.5) is 11.4 Å². The minimum atomic E-state index is -0.346. The van der Waals surface area contributed by atoms with E-state index in [9.17, 15) is 9.59 Å². The van der Waals surface area contributed by atoms with Gasteiger partial charge in [0.15, 0.2) is 0 Å². The van der Waals surface area contributed by atoms with Crippen molar-refractivity contribution < 1.29 is 9.59 Å². The first-order valence-electron chi connectivity index (χ1n) is 7.44. The molecule has 0 fully saturated rings. The second-order valence-electron chi connectivity index (χ2n) is 5.22. The molecule has 0 atom stereocenters. The van der Waals surface area contributed by atoms with Gasteiger partial charge in [0, 0.05) is 10.2 Å². The Kier molecular flexibility index (Phi) is 5.93. The van der Waals surface area contributed by atoms with Gasteiger partial charge in [0.1, 0.15) is 6.42 Å². The third-order valence-electron chi connectivity index (χ3n) is 3.47. The summed E-state index contributed by atoms with van der Waals surface area (Å²) in [6.45, 7) is 3.97. The van der Waals surface area contributed by atoms with Crippen LogP contribution in [0.1, 0.15) is 24.5 Å². The van der Waals surface area contributed by atoms with E-state index in [1.807, 2.05) is 50.2 Å². The first kappa shape index (κ1) is 17.2. The van der Waals surface area contributed by atoms with Crippen LogP contribution in [-0.4, -0.2) is 11.8 Å². The number of rotatable bonds is 5. The van der Waals surface area contributed by atoms with E-state index in [1.165, 1.54) is 0 Å². The van der Waals surface area contributed by atoms with Gasteiger partial charge in [-0.2, -0.15) is 0 Å². The largest absolute Gasteiger partial charge is 0.325 e. The van der Waals surface area contributed by atoms with E-state index in [1.54, 1.807) is 6.07 Å². The van der Waals surface area contributed by atoms with Gasteiger partial charge in [-0.1, -0.05) is 37.3 Å². The molecule has 5 heteroatoms. The lowest BCUT2D eigenvalue weighted by atomic mass is 10.1. The third kappa shape index (κ3) is 4.66. The fourth-order valence-corrected chi connectivity index (χ4v) is 2.67. The Labute approximate surface area is 144 Å². The van der Waals surface area contributed by atoms with E-state index < -0.39 is 0 Å². The predicted octanol–water partition coefficient (Wildman–Crippen LogP) is 4.29. The fourth-order valence-electron chi connectivity index (χ4n) is 2.29. The highest BCUT2D eigenvalue weighted by atomic mass is 79.9. The molecular weight excluding hydrogens is 356 g/mol. The molecule has 4 nitrogen and oxygen atoms in total. The molecule has 2 aromatic carbocycles. The quantitative estimate of drug-likeness (QED) is 0.766. The number of hydrogen-bond acceptors (Lipinski definition) is 2. The highest BCUT2D eigenvalue weighted by molar-refractivity contribution is 9.10. The van der Waals surface area contributed by atoms with Crippen LogP contribution >= 0.6 is 15.9 Å². The molecule has 0 aliphatic heterocycles. The normalized spacial score (nSPS) is 10.2. The summed E-state index contributed by atoms with van der Waals surface area (Å²) in [7, 11) is 0. The summed E-state index contributed by atoms with van der Waals surface area (Å²) in [5, 5.41) is 5.57. The molecule has 2 amide bonds. The van der Waals surface area contributed by atoms with Gasteiger partial charge in [-0.15, -0.1) is 0 Å². The van der Waals surface area contributed by atoms with Crippen LogP contribution in [0.15, 0.2) is 46.9 Å². The van der Waals surface area contributed by atoms with Crippen molar-refractivity contribution in [1.82, 2.24) is 0 Å². The molecule has 0 radical (unpaired) electrons. The van der Waals surface area contributed by atoms with Gasteiger partial charge in [0.25, 0.3) is 0 Å². The summed E-state index contributed by atoms with van der Waals surface area (Å²) in [6, 6.07) is 13.2. The van der Waals surface area contributed by atoms with Crippen LogP contribution in [0.3, 0.4) is 0 Å². The SMILES string of the molecule is CCc1cccc(C)c1NC(=O)CC(=O)Nc1ccccc1Br. The van der Waals surface area contributed by atoms with Crippen molar-refractivity contribution in [2.75, 3.05) is 10.6 Å². The van der Waals surface area contributed by atoms with E-state index in [0.717, 1.165) is 27.7 Å². The molecule has 23 heavy (non-hydrogen) atoms. The van der Waals surface area contributed by atoms with E-state index in [4.69, 9.17) is 0 Å². The number of amides is 2. The number of benzene rings is 2. The summed E-state index contributed by atoms with van der Waals surface area (Å²) in [4.78, 5) is 24.1. The smallest absolute Gasteiger partial charge is 0.233 e. The predicted molar refractivity (Wildman–Crippen MR) is 96.6 cm³/mol. The lowest BCUT2D eigenvalue weighted by Gasteiger charge is -2.13. The highest BCUT2D eigenvalue weighted by Crippen LogP contribution is 2.22. The Hall–Kier alpha value is -2.14.